The van der Waals surface area contributed by atoms with Crippen LogP contribution in [0.1, 0.15) is 0 Å². The standard InChI is InChI=1S/C8H5ClN2O2/c9-4-1-2-5(12)7-6(4)8(13)11-3-10-7/h1-3,12H,(H,10,11,13). The maximum Gasteiger partial charge on any atom is 0.260 e. The Morgan fingerprint density at radius 2 is 2.23 bits per heavy atom. The van der Waals surface area contributed by atoms with E-state index in [2.05, 4.69) is 9.97 Å². The Balaban J connectivity index is 3.09. The van der Waals surface area contributed by atoms with Crippen molar-refractivity contribution in [3.8, 4) is 5.75 Å². The minimum atomic E-state index is -0.356. The van der Waals surface area contributed by atoms with Gasteiger partial charge in [0.15, 0.2) is 0 Å². The van der Waals surface area contributed by atoms with Crippen LogP contribution in [0.25, 0.3) is 10.9 Å². The topological polar surface area (TPSA) is 66.0 Å². The van der Waals surface area contributed by atoms with Crippen molar-refractivity contribution in [3.05, 3.63) is 33.8 Å². The number of phenolic OH excluding ortho intramolecular Hbond substituents is 1. The summed E-state index contributed by atoms with van der Waals surface area (Å²) in [6, 6.07) is 2.85. The van der Waals surface area contributed by atoms with Crippen molar-refractivity contribution in [1.82, 2.24) is 9.97 Å². The Morgan fingerprint density at radius 1 is 1.46 bits per heavy atom. The third kappa shape index (κ3) is 1.15. The Kier molecular flexibility index (Phi) is 1.70. The molecule has 5 heteroatoms. The van der Waals surface area contributed by atoms with Crippen molar-refractivity contribution in [2.24, 2.45) is 0 Å². The molecule has 0 fully saturated rings. The van der Waals surface area contributed by atoms with Crippen LogP contribution in [-0.2, 0) is 0 Å². The summed E-state index contributed by atoms with van der Waals surface area (Å²) in [5.41, 5.74) is -0.137. The molecule has 0 spiro atoms. The van der Waals surface area contributed by atoms with Gasteiger partial charge in [0, 0.05) is 0 Å². The SMILES string of the molecule is O=c1[nH]cnc2c(O)ccc(Cl)c12. The van der Waals surface area contributed by atoms with Gasteiger partial charge in [-0.2, -0.15) is 0 Å². The summed E-state index contributed by atoms with van der Waals surface area (Å²) in [5, 5.41) is 9.84. The second-order valence-electron chi connectivity index (χ2n) is 2.52. The minimum Gasteiger partial charge on any atom is -0.506 e. The summed E-state index contributed by atoms with van der Waals surface area (Å²) in [6.07, 6.45) is 1.22. The highest BCUT2D eigenvalue weighted by Gasteiger charge is 2.07. The number of benzene rings is 1. The summed E-state index contributed by atoms with van der Waals surface area (Å²) >= 11 is 5.76. The van der Waals surface area contributed by atoms with Crippen LogP contribution in [0.5, 0.6) is 5.75 Å². The molecular formula is C8H5ClN2O2. The van der Waals surface area contributed by atoms with Crippen molar-refractivity contribution in [1.29, 1.82) is 0 Å². The van der Waals surface area contributed by atoms with Crippen LogP contribution in [0.2, 0.25) is 5.02 Å². The van der Waals surface area contributed by atoms with Crippen LogP contribution in [0.15, 0.2) is 23.3 Å². The predicted molar refractivity (Wildman–Crippen MR) is 49.0 cm³/mol. The van der Waals surface area contributed by atoms with E-state index in [-0.39, 0.29) is 27.2 Å². The van der Waals surface area contributed by atoms with Gasteiger partial charge >= 0.3 is 0 Å². The van der Waals surface area contributed by atoms with Crippen molar-refractivity contribution >= 4 is 22.5 Å². The third-order valence-corrected chi connectivity index (χ3v) is 2.04. The molecule has 0 amide bonds. The zero-order valence-electron chi connectivity index (χ0n) is 6.41. The number of phenols is 1. The molecule has 0 aliphatic heterocycles. The minimum absolute atomic E-state index is 0.0505. The van der Waals surface area contributed by atoms with Gasteiger partial charge in [0.25, 0.3) is 5.56 Å². The summed E-state index contributed by atoms with van der Waals surface area (Å²) in [7, 11) is 0. The first-order chi connectivity index (χ1) is 6.20. The van der Waals surface area contributed by atoms with E-state index in [1.165, 1.54) is 18.5 Å². The van der Waals surface area contributed by atoms with E-state index in [1.807, 2.05) is 0 Å². The van der Waals surface area contributed by atoms with E-state index in [4.69, 9.17) is 11.6 Å². The molecule has 1 heterocycles. The number of hydrogen-bond acceptors (Lipinski definition) is 3. The number of aromatic amines is 1. The second-order valence-corrected chi connectivity index (χ2v) is 2.93. The Hall–Kier alpha value is -1.55. The van der Waals surface area contributed by atoms with Gasteiger partial charge in [0.2, 0.25) is 0 Å². The van der Waals surface area contributed by atoms with Crippen LogP contribution in [0, 0.1) is 0 Å². The summed E-state index contributed by atoms with van der Waals surface area (Å²) in [6.45, 7) is 0. The first kappa shape index (κ1) is 8.07. The first-order valence-electron chi connectivity index (χ1n) is 3.55. The number of aromatic hydroxyl groups is 1. The van der Waals surface area contributed by atoms with Crippen molar-refractivity contribution in [3.63, 3.8) is 0 Å². The summed E-state index contributed by atoms with van der Waals surface area (Å²) in [4.78, 5) is 17.5. The zero-order valence-corrected chi connectivity index (χ0v) is 7.17. The Bertz CT molecular complexity index is 521. The largest absolute Gasteiger partial charge is 0.506 e. The Labute approximate surface area is 77.8 Å². The molecule has 1 aromatic heterocycles. The quantitative estimate of drug-likeness (QED) is 0.667. The van der Waals surface area contributed by atoms with Crippen LogP contribution in [0.3, 0.4) is 0 Å². The van der Waals surface area contributed by atoms with Gasteiger partial charge < -0.3 is 10.1 Å². The molecule has 2 aromatic rings. The molecule has 0 saturated heterocycles. The molecule has 0 unspecified atom stereocenters. The van der Waals surface area contributed by atoms with E-state index >= 15 is 0 Å². The average molecular weight is 197 g/mol. The number of halogens is 1. The van der Waals surface area contributed by atoms with Crippen LogP contribution in [0.4, 0.5) is 0 Å². The predicted octanol–water partition coefficient (Wildman–Crippen LogP) is 1.28. The smallest absolute Gasteiger partial charge is 0.260 e. The highest BCUT2D eigenvalue weighted by molar-refractivity contribution is 6.35. The molecule has 0 saturated carbocycles. The van der Waals surface area contributed by atoms with E-state index in [0.29, 0.717) is 0 Å². The van der Waals surface area contributed by atoms with Gasteiger partial charge in [0.1, 0.15) is 11.3 Å². The highest BCUT2D eigenvalue weighted by atomic mass is 35.5. The number of aromatic nitrogens is 2. The maximum atomic E-state index is 11.3. The fraction of sp³-hybridized carbons (Fsp3) is 0. The lowest BCUT2D eigenvalue weighted by atomic mass is 10.2. The second kappa shape index (κ2) is 2.74. The molecule has 0 radical (unpaired) electrons. The average Bonchev–Trinajstić information content (AvgIpc) is 2.12. The summed E-state index contributed by atoms with van der Waals surface area (Å²) in [5.74, 6) is -0.0505. The van der Waals surface area contributed by atoms with Crippen molar-refractivity contribution in [2.45, 2.75) is 0 Å². The number of nitrogens with zero attached hydrogens (tertiary/aromatic N) is 1. The molecule has 0 bridgehead atoms. The van der Waals surface area contributed by atoms with E-state index in [1.54, 1.807) is 0 Å². The number of nitrogens with one attached hydrogen (secondary N) is 1. The third-order valence-electron chi connectivity index (χ3n) is 1.72. The molecule has 1 aromatic carbocycles. The van der Waals surface area contributed by atoms with E-state index in [9.17, 15) is 9.90 Å². The van der Waals surface area contributed by atoms with Gasteiger partial charge in [-0.1, -0.05) is 11.6 Å². The van der Waals surface area contributed by atoms with Gasteiger partial charge in [0.05, 0.1) is 16.7 Å². The molecule has 0 aliphatic carbocycles. The van der Waals surface area contributed by atoms with Crippen LogP contribution >= 0.6 is 11.6 Å². The Morgan fingerprint density at radius 3 is 2.92 bits per heavy atom. The molecule has 2 N–H and O–H groups in total. The zero-order chi connectivity index (χ0) is 9.42. The van der Waals surface area contributed by atoms with Gasteiger partial charge in [-0.25, -0.2) is 4.98 Å². The number of hydrogen-bond donors (Lipinski definition) is 2. The van der Waals surface area contributed by atoms with Crippen LogP contribution in [-0.4, -0.2) is 15.1 Å². The summed E-state index contributed by atoms with van der Waals surface area (Å²) < 4.78 is 0. The fourth-order valence-corrected chi connectivity index (χ4v) is 1.37. The van der Waals surface area contributed by atoms with E-state index < -0.39 is 0 Å². The van der Waals surface area contributed by atoms with Gasteiger partial charge in [-0.15, -0.1) is 0 Å². The number of fused-ring (bicyclic) bond motifs is 1. The van der Waals surface area contributed by atoms with Crippen LogP contribution < -0.4 is 5.56 Å². The lowest BCUT2D eigenvalue weighted by Gasteiger charge is -1.99. The fourth-order valence-electron chi connectivity index (χ4n) is 1.13. The monoisotopic (exact) mass is 196 g/mol. The van der Waals surface area contributed by atoms with Gasteiger partial charge in [-0.3, -0.25) is 4.79 Å². The lowest BCUT2D eigenvalue weighted by molar-refractivity contribution is 0.480. The number of H-pyrrole nitrogens is 1. The van der Waals surface area contributed by atoms with Gasteiger partial charge in [-0.05, 0) is 12.1 Å². The first-order valence-corrected chi connectivity index (χ1v) is 3.93. The van der Waals surface area contributed by atoms with E-state index in [0.717, 1.165) is 0 Å². The molecule has 2 rings (SSSR count). The lowest BCUT2D eigenvalue weighted by Crippen LogP contribution is -2.06. The molecular weight excluding hydrogens is 192 g/mol. The molecule has 66 valence electrons. The molecule has 4 nitrogen and oxygen atoms in total. The van der Waals surface area contributed by atoms with Crippen molar-refractivity contribution < 1.29 is 5.11 Å². The van der Waals surface area contributed by atoms with Crippen molar-refractivity contribution in [2.75, 3.05) is 0 Å². The number of rotatable bonds is 0. The highest BCUT2D eigenvalue weighted by Crippen LogP contribution is 2.25. The molecule has 0 atom stereocenters. The molecule has 13 heavy (non-hydrogen) atoms. The normalized spacial score (nSPS) is 10.5. The maximum absolute atomic E-state index is 11.3. The molecule has 0 aliphatic rings.